The van der Waals surface area contributed by atoms with Crippen LogP contribution in [0.5, 0.6) is 0 Å². The monoisotopic (exact) mass is 368 g/mol. The summed E-state index contributed by atoms with van der Waals surface area (Å²) in [5, 5.41) is 0.603. The SMILES string of the molecule is O=c1[nH]c(=O)n(Cc2c(Cl)cccc2Cl)cc1S(=O)(=O)Cl. The van der Waals surface area contributed by atoms with Crippen molar-refractivity contribution >= 4 is 42.9 Å². The van der Waals surface area contributed by atoms with Gasteiger partial charge in [-0.2, -0.15) is 0 Å². The Morgan fingerprint density at radius 3 is 2.24 bits per heavy atom. The number of hydrogen-bond donors (Lipinski definition) is 1. The lowest BCUT2D eigenvalue weighted by molar-refractivity contribution is 0.603. The van der Waals surface area contributed by atoms with E-state index in [0.29, 0.717) is 15.6 Å². The van der Waals surface area contributed by atoms with Crippen LogP contribution in [0.25, 0.3) is 0 Å². The van der Waals surface area contributed by atoms with E-state index in [0.717, 1.165) is 10.8 Å². The lowest BCUT2D eigenvalue weighted by atomic mass is 10.2. The predicted molar refractivity (Wildman–Crippen MR) is 79.9 cm³/mol. The van der Waals surface area contributed by atoms with Crippen LogP contribution < -0.4 is 11.2 Å². The number of nitrogens with zero attached hydrogens (tertiary/aromatic N) is 1. The molecule has 0 radical (unpaired) electrons. The lowest BCUT2D eigenvalue weighted by Crippen LogP contribution is -2.32. The maximum Gasteiger partial charge on any atom is 0.328 e. The highest BCUT2D eigenvalue weighted by atomic mass is 35.7. The number of halogens is 3. The fourth-order valence-electron chi connectivity index (χ4n) is 1.63. The molecule has 0 aliphatic carbocycles. The van der Waals surface area contributed by atoms with Crippen molar-refractivity contribution in [3.8, 4) is 0 Å². The van der Waals surface area contributed by atoms with E-state index in [1.54, 1.807) is 18.2 Å². The zero-order chi connectivity index (χ0) is 15.8. The molecule has 0 saturated heterocycles. The summed E-state index contributed by atoms with van der Waals surface area (Å²) in [7, 11) is 0.856. The summed E-state index contributed by atoms with van der Waals surface area (Å²) >= 11 is 12.0. The van der Waals surface area contributed by atoms with E-state index >= 15 is 0 Å². The minimum atomic E-state index is -4.28. The molecule has 112 valence electrons. The highest BCUT2D eigenvalue weighted by Crippen LogP contribution is 2.24. The molecule has 6 nitrogen and oxygen atoms in total. The molecular formula is C11H7Cl3N2O4S. The first-order chi connectivity index (χ1) is 9.70. The predicted octanol–water partition coefficient (Wildman–Crippen LogP) is 1.82. The van der Waals surface area contributed by atoms with Crippen molar-refractivity contribution in [2.24, 2.45) is 0 Å². The number of rotatable bonds is 3. The van der Waals surface area contributed by atoms with Crippen LogP contribution in [0.3, 0.4) is 0 Å². The average molecular weight is 370 g/mol. The lowest BCUT2D eigenvalue weighted by Gasteiger charge is -2.09. The minimum absolute atomic E-state index is 0.118. The van der Waals surface area contributed by atoms with E-state index in [1.807, 2.05) is 4.98 Å². The molecule has 0 aliphatic rings. The summed E-state index contributed by atoms with van der Waals surface area (Å²) in [6, 6.07) is 4.76. The number of benzene rings is 1. The first kappa shape index (κ1) is 16.1. The number of hydrogen-bond acceptors (Lipinski definition) is 4. The van der Waals surface area contributed by atoms with Gasteiger partial charge in [0.2, 0.25) is 0 Å². The summed E-state index contributed by atoms with van der Waals surface area (Å²) in [6.07, 6.45) is 0.850. The van der Waals surface area contributed by atoms with E-state index in [2.05, 4.69) is 0 Å². The van der Waals surface area contributed by atoms with E-state index < -0.39 is 25.2 Å². The number of nitrogens with one attached hydrogen (secondary N) is 1. The van der Waals surface area contributed by atoms with Crippen molar-refractivity contribution in [3.63, 3.8) is 0 Å². The van der Waals surface area contributed by atoms with Crippen LogP contribution >= 0.6 is 33.9 Å². The van der Waals surface area contributed by atoms with E-state index in [1.165, 1.54) is 0 Å². The van der Waals surface area contributed by atoms with Gasteiger partial charge >= 0.3 is 5.69 Å². The molecule has 0 aliphatic heterocycles. The van der Waals surface area contributed by atoms with Gasteiger partial charge in [-0.1, -0.05) is 29.3 Å². The molecule has 0 spiro atoms. The van der Waals surface area contributed by atoms with Gasteiger partial charge in [0.15, 0.2) is 4.90 Å². The summed E-state index contributed by atoms with van der Waals surface area (Å²) in [6.45, 7) is -0.118. The topological polar surface area (TPSA) is 89.0 Å². The number of H-pyrrole nitrogens is 1. The summed E-state index contributed by atoms with van der Waals surface area (Å²) in [5.41, 5.74) is -1.48. The third-order valence-electron chi connectivity index (χ3n) is 2.63. The zero-order valence-corrected chi connectivity index (χ0v) is 13.2. The highest BCUT2D eigenvalue weighted by Gasteiger charge is 2.18. The molecule has 1 aromatic carbocycles. The van der Waals surface area contributed by atoms with Gasteiger partial charge in [0.1, 0.15) is 0 Å². The number of aromatic nitrogens is 2. The van der Waals surface area contributed by atoms with Gasteiger partial charge in [-0.05, 0) is 12.1 Å². The van der Waals surface area contributed by atoms with Crippen molar-refractivity contribution in [3.05, 3.63) is 60.8 Å². The van der Waals surface area contributed by atoms with E-state index in [-0.39, 0.29) is 6.54 Å². The maximum atomic E-state index is 11.7. The normalized spacial score (nSPS) is 11.6. The molecule has 0 saturated carbocycles. The van der Waals surface area contributed by atoms with Crippen LogP contribution in [-0.2, 0) is 15.6 Å². The minimum Gasteiger partial charge on any atom is -0.295 e. The first-order valence-corrected chi connectivity index (χ1v) is 8.48. The molecule has 0 fully saturated rings. The molecule has 2 rings (SSSR count). The maximum absolute atomic E-state index is 11.7. The Morgan fingerprint density at radius 2 is 1.71 bits per heavy atom. The van der Waals surface area contributed by atoms with Crippen molar-refractivity contribution in [2.75, 3.05) is 0 Å². The fourth-order valence-corrected chi connectivity index (χ4v) is 3.01. The van der Waals surface area contributed by atoms with Gasteiger partial charge in [-0.15, -0.1) is 0 Å². The Hall–Kier alpha value is -1.28. The van der Waals surface area contributed by atoms with Crippen molar-refractivity contribution in [2.45, 2.75) is 11.4 Å². The molecule has 0 atom stereocenters. The summed E-state index contributed by atoms with van der Waals surface area (Å²) in [4.78, 5) is 24.3. The van der Waals surface area contributed by atoms with E-state index in [9.17, 15) is 18.0 Å². The van der Waals surface area contributed by atoms with Crippen LogP contribution in [0.4, 0.5) is 0 Å². The fraction of sp³-hybridized carbons (Fsp3) is 0.0909. The van der Waals surface area contributed by atoms with Crippen molar-refractivity contribution < 1.29 is 8.42 Å². The van der Waals surface area contributed by atoms with Crippen LogP contribution in [0.1, 0.15) is 5.56 Å². The van der Waals surface area contributed by atoms with Crippen LogP contribution in [0, 0.1) is 0 Å². The Morgan fingerprint density at radius 1 is 1.14 bits per heavy atom. The smallest absolute Gasteiger partial charge is 0.295 e. The quantitative estimate of drug-likeness (QED) is 0.836. The van der Waals surface area contributed by atoms with Gasteiger partial charge in [-0.25, -0.2) is 13.2 Å². The van der Waals surface area contributed by atoms with Crippen LogP contribution in [-0.4, -0.2) is 18.0 Å². The number of aromatic amines is 1. The Kier molecular flexibility index (Phi) is 4.48. The van der Waals surface area contributed by atoms with Crippen molar-refractivity contribution in [1.29, 1.82) is 0 Å². The van der Waals surface area contributed by atoms with E-state index in [4.69, 9.17) is 33.9 Å². The third-order valence-corrected chi connectivity index (χ3v) is 4.65. The Labute approximate surface area is 133 Å². The average Bonchev–Trinajstić information content (AvgIpc) is 2.34. The van der Waals surface area contributed by atoms with Gasteiger partial charge in [0.25, 0.3) is 14.6 Å². The van der Waals surface area contributed by atoms with Gasteiger partial charge in [0.05, 0.1) is 6.54 Å². The van der Waals surface area contributed by atoms with Gasteiger partial charge in [0, 0.05) is 32.5 Å². The molecule has 0 bridgehead atoms. The molecular weight excluding hydrogens is 363 g/mol. The van der Waals surface area contributed by atoms with Gasteiger partial charge < -0.3 is 0 Å². The van der Waals surface area contributed by atoms with Crippen LogP contribution in [0.15, 0.2) is 38.9 Å². The summed E-state index contributed by atoms with van der Waals surface area (Å²) in [5.74, 6) is 0. The zero-order valence-electron chi connectivity index (χ0n) is 10.1. The standard InChI is InChI=1S/C11H7Cl3N2O4S/c12-7-2-1-3-8(13)6(7)4-16-5-9(21(14,19)20)10(17)15-11(16)18/h1-3,5H,4H2,(H,15,17,18). The molecule has 1 heterocycles. The Bertz CT molecular complexity index is 898. The molecule has 1 N–H and O–H groups in total. The first-order valence-electron chi connectivity index (χ1n) is 5.41. The summed E-state index contributed by atoms with van der Waals surface area (Å²) < 4.78 is 23.5. The van der Waals surface area contributed by atoms with Gasteiger partial charge in [-0.3, -0.25) is 14.3 Å². The Balaban J connectivity index is 2.61. The molecule has 1 aromatic heterocycles. The molecule has 0 amide bonds. The third kappa shape index (κ3) is 3.49. The molecule has 21 heavy (non-hydrogen) atoms. The molecule has 0 unspecified atom stereocenters. The second-order valence-corrected chi connectivity index (χ2v) is 7.37. The van der Waals surface area contributed by atoms with Crippen molar-refractivity contribution in [1.82, 2.24) is 9.55 Å². The molecule has 10 heteroatoms. The van der Waals surface area contributed by atoms with Crippen LogP contribution in [0.2, 0.25) is 10.0 Å². The molecule has 2 aromatic rings. The second kappa shape index (κ2) is 5.84. The highest BCUT2D eigenvalue weighted by molar-refractivity contribution is 8.13. The largest absolute Gasteiger partial charge is 0.328 e. The second-order valence-electron chi connectivity index (χ2n) is 4.02.